The van der Waals surface area contributed by atoms with E-state index in [2.05, 4.69) is 21.1 Å². The smallest absolute Gasteiger partial charge is 0.296 e. The van der Waals surface area contributed by atoms with E-state index in [4.69, 9.17) is 11.5 Å². The lowest BCUT2D eigenvalue weighted by Crippen LogP contribution is -2.28. The van der Waals surface area contributed by atoms with Gasteiger partial charge in [0, 0.05) is 16.9 Å². The van der Waals surface area contributed by atoms with Gasteiger partial charge in [-0.3, -0.25) is 34.1 Å². The van der Waals surface area contributed by atoms with Crippen LogP contribution in [-0.2, 0) is 30.4 Å². The summed E-state index contributed by atoms with van der Waals surface area (Å²) in [6.45, 7) is 3.51. The number of anilines is 4. The van der Waals surface area contributed by atoms with Crippen LogP contribution in [0.25, 0.3) is 23.3 Å². The molecule has 2 aliphatic carbocycles. The highest BCUT2D eigenvalue weighted by Crippen LogP contribution is 2.34. The fraction of sp³-hybridized carbons (Fsp3) is 0.0588. The number of nitrogens with one attached hydrogen (secondary N) is 2. The number of carbonyl (C=O) groups excluding carboxylic acids is 2. The summed E-state index contributed by atoms with van der Waals surface area (Å²) < 4.78 is 100. The SMILES string of the molecule is Cc1cc(-c2ccc(N/N=C3/C(=O)c4c(N)cc(S(=O)(=O)O)cc4C=C3S(=O)(=O)O)c(C)c2)ccc1N/N=C1/C=Cc2c(S(=O)(=O)O)ccc(N)c2C1=O. The largest absolute Gasteiger partial charge is 0.398 e. The number of allylic oxidation sites excluding steroid dienone is 2. The third-order valence-corrected chi connectivity index (χ3v) is 11.1. The van der Waals surface area contributed by atoms with Gasteiger partial charge in [-0.2, -0.15) is 35.5 Å². The first kappa shape index (κ1) is 37.7. The maximum absolute atomic E-state index is 13.4. The highest BCUT2D eigenvalue weighted by molar-refractivity contribution is 7.91. The number of hydrazone groups is 2. The Bertz CT molecular complexity index is 2830. The van der Waals surface area contributed by atoms with Crippen molar-refractivity contribution in [2.75, 3.05) is 22.3 Å². The lowest BCUT2D eigenvalue weighted by Gasteiger charge is -2.19. The third-order valence-electron chi connectivity index (χ3n) is 8.47. The van der Waals surface area contributed by atoms with E-state index in [0.29, 0.717) is 16.9 Å². The van der Waals surface area contributed by atoms with Crippen LogP contribution >= 0.6 is 0 Å². The average molecular weight is 793 g/mol. The molecule has 0 bridgehead atoms. The number of rotatable bonds is 8. The van der Waals surface area contributed by atoms with Crippen molar-refractivity contribution in [1.29, 1.82) is 0 Å². The maximum atomic E-state index is 13.4. The van der Waals surface area contributed by atoms with Gasteiger partial charge < -0.3 is 11.5 Å². The van der Waals surface area contributed by atoms with Gasteiger partial charge >= 0.3 is 0 Å². The molecule has 0 heterocycles. The molecule has 2 aliphatic rings. The van der Waals surface area contributed by atoms with Crippen LogP contribution in [0.1, 0.15) is 43.0 Å². The molecule has 6 rings (SSSR count). The standard InChI is InChI=1S/C34H28N6O11S3/c1-16-11-18(3-7-25(16)37-39-27-9-5-22-28(53(46,47)48)10-6-23(35)31(22)33(27)41)19-4-8-26(17(2)12-19)38-40-32-29(54(49,50)51)14-20-13-21(52(43,44)45)15-24(36)30(20)34(32)42/h3-15,37-38H,35-36H2,1-2H3,(H,43,44,45)(H,46,47,48)(H,49,50,51)/b39-27-,40-32+. The molecule has 20 heteroatoms. The van der Waals surface area contributed by atoms with Gasteiger partial charge in [0.15, 0.2) is 5.71 Å². The summed E-state index contributed by atoms with van der Waals surface area (Å²) in [7, 11) is -14.4. The minimum atomic E-state index is -5.06. The molecule has 0 aliphatic heterocycles. The Morgan fingerprint density at radius 3 is 1.76 bits per heavy atom. The number of hydrogen-bond acceptors (Lipinski definition) is 14. The summed E-state index contributed by atoms with van der Waals surface area (Å²) >= 11 is 0. The van der Waals surface area contributed by atoms with Crippen LogP contribution in [0.4, 0.5) is 22.7 Å². The Balaban J connectivity index is 1.23. The zero-order valence-corrected chi connectivity index (χ0v) is 30.3. The molecule has 0 amide bonds. The summed E-state index contributed by atoms with van der Waals surface area (Å²) in [5, 5.41) is 8.16. The lowest BCUT2D eigenvalue weighted by molar-refractivity contribution is 0.105. The number of benzene rings is 4. The Hall–Kier alpha value is -6.03. The fourth-order valence-corrected chi connectivity index (χ4v) is 7.71. The second-order valence-corrected chi connectivity index (χ2v) is 16.3. The lowest BCUT2D eigenvalue weighted by atomic mass is 9.93. The fourth-order valence-electron chi connectivity index (χ4n) is 5.82. The van der Waals surface area contributed by atoms with Gasteiger partial charge in [-0.25, -0.2) is 0 Å². The minimum Gasteiger partial charge on any atom is -0.398 e. The second-order valence-electron chi connectivity index (χ2n) is 12.1. The summed E-state index contributed by atoms with van der Waals surface area (Å²) in [4.78, 5) is 24.5. The van der Waals surface area contributed by atoms with E-state index in [1.54, 1.807) is 44.2 Å². The minimum absolute atomic E-state index is 0.0150. The van der Waals surface area contributed by atoms with Gasteiger partial charge in [-0.1, -0.05) is 18.2 Å². The summed E-state index contributed by atoms with van der Waals surface area (Å²) in [6.07, 6.45) is 3.45. The molecule has 0 saturated heterocycles. The number of ketones is 2. The first-order valence-corrected chi connectivity index (χ1v) is 19.6. The molecule has 0 fully saturated rings. The van der Waals surface area contributed by atoms with E-state index in [0.717, 1.165) is 41.0 Å². The van der Waals surface area contributed by atoms with Crippen molar-refractivity contribution in [3.63, 3.8) is 0 Å². The predicted octanol–water partition coefficient (Wildman–Crippen LogP) is 4.20. The van der Waals surface area contributed by atoms with Crippen molar-refractivity contribution in [1.82, 2.24) is 0 Å². The Kier molecular flexibility index (Phi) is 9.38. The van der Waals surface area contributed by atoms with Crippen molar-refractivity contribution in [3.8, 4) is 11.1 Å². The summed E-state index contributed by atoms with van der Waals surface area (Å²) in [5.41, 5.74) is 19.3. The zero-order chi connectivity index (χ0) is 39.5. The molecule has 0 unspecified atom stereocenters. The number of nitrogens with two attached hydrogens (primary N) is 2. The molecule has 0 saturated carbocycles. The van der Waals surface area contributed by atoms with Crippen molar-refractivity contribution >= 4 is 88.2 Å². The van der Waals surface area contributed by atoms with Crippen LogP contribution in [0.5, 0.6) is 0 Å². The van der Waals surface area contributed by atoms with Crippen molar-refractivity contribution in [2.24, 2.45) is 10.2 Å². The molecular weight excluding hydrogens is 765 g/mol. The highest BCUT2D eigenvalue weighted by atomic mass is 32.2. The third kappa shape index (κ3) is 7.16. The van der Waals surface area contributed by atoms with E-state index in [-0.39, 0.29) is 39.3 Å². The quantitative estimate of drug-likeness (QED) is 0.0747. The average Bonchev–Trinajstić information content (AvgIpc) is 3.06. The van der Waals surface area contributed by atoms with Gasteiger partial charge in [-0.05, 0) is 102 Å². The van der Waals surface area contributed by atoms with Gasteiger partial charge in [-0.15, -0.1) is 0 Å². The second kappa shape index (κ2) is 13.4. The number of fused-ring (bicyclic) bond motifs is 2. The number of nitrogens with zero attached hydrogens (tertiary/aromatic N) is 2. The first-order valence-electron chi connectivity index (χ1n) is 15.3. The molecule has 54 heavy (non-hydrogen) atoms. The molecule has 0 atom stereocenters. The predicted molar refractivity (Wildman–Crippen MR) is 202 cm³/mol. The molecule has 9 N–H and O–H groups in total. The molecule has 17 nitrogen and oxygen atoms in total. The van der Waals surface area contributed by atoms with Crippen LogP contribution in [0.15, 0.2) is 91.6 Å². The van der Waals surface area contributed by atoms with Crippen LogP contribution in [-0.4, -0.2) is 61.9 Å². The van der Waals surface area contributed by atoms with E-state index >= 15 is 0 Å². The van der Waals surface area contributed by atoms with E-state index < -0.39 is 62.3 Å². The molecule has 0 radical (unpaired) electrons. The summed E-state index contributed by atoms with van der Waals surface area (Å²) in [5.74, 6) is -1.67. The van der Waals surface area contributed by atoms with Gasteiger partial charge in [0.2, 0.25) is 11.6 Å². The molecular formula is C34H28N6O11S3. The first-order chi connectivity index (χ1) is 25.1. The number of carbonyl (C=O) groups is 2. The normalized spacial score (nSPS) is 15.9. The van der Waals surface area contributed by atoms with E-state index in [1.165, 1.54) is 18.2 Å². The monoisotopic (exact) mass is 792 g/mol. The number of hydrogen-bond donors (Lipinski definition) is 7. The van der Waals surface area contributed by atoms with Crippen LogP contribution in [0.3, 0.4) is 0 Å². The van der Waals surface area contributed by atoms with Crippen molar-refractivity contribution in [3.05, 3.63) is 105 Å². The number of aryl methyl sites for hydroxylation is 2. The van der Waals surface area contributed by atoms with Crippen molar-refractivity contribution in [2.45, 2.75) is 23.6 Å². The van der Waals surface area contributed by atoms with Gasteiger partial charge in [0.1, 0.15) is 15.5 Å². The Labute approximate surface area is 308 Å². The Morgan fingerprint density at radius 2 is 1.22 bits per heavy atom. The van der Waals surface area contributed by atoms with Crippen molar-refractivity contribution < 1.29 is 48.5 Å². The van der Waals surface area contributed by atoms with E-state index in [1.807, 2.05) is 6.07 Å². The van der Waals surface area contributed by atoms with E-state index in [9.17, 15) is 48.5 Å². The van der Waals surface area contributed by atoms with Gasteiger partial charge in [0.05, 0.1) is 27.4 Å². The zero-order valence-electron chi connectivity index (χ0n) is 27.9. The molecule has 4 aromatic carbocycles. The summed E-state index contributed by atoms with van der Waals surface area (Å²) in [6, 6.07) is 14.5. The number of nitrogen functional groups attached to an aromatic ring is 2. The molecule has 0 aromatic heterocycles. The topological polar surface area (TPSA) is 298 Å². The van der Waals surface area contributed by atoms with Gasteiger partial charge in [0.25, 0.3) is 30.4 Å². The van der Waals surface area contributed by atoms with Crippen LogP contribution in [0.2, 0.25) is 0 Å². The number of Topliss-reactive ketones (excluding diaryl/α,β-unsaturated/α-hetero) is 2. The molecule has 4 aromatic rings. The highest BCUT2D eigenvalue weighted by Gasteiger charge is 2.35. The Morgan fingerprint density at radius 1 is 0.630 bits per heavy atom. The molecule has 278 valence electrons. The van der Waals surface area contributed by atoms with Crippen LogP contribution in [0, 0.1) is 13.8 Å². The molecule has 0 spiro atoms. The van der Waals surface area contributed by atoms with Crippen LogP contribution < -0.4 is 22.3 Å². The maximum Gasteiger partial charge on any atom is 0.296 e.